The maximum Gasteiger partial charge on any atom is 0.0732 e. The molecule has 0 aromatic heterocycles. The van der Waals surface area contributed by atoms with Crippen LogP contribution < -0.4 is 5.73 Å². The molecule has 4 heteroatoms. The fourth-order valence-corrected chi connectivity index (χ4v) is 1.68. The first-order chi connectivity index (χ1) is 7.50. The zero-order valence-corrected chi connectivity index (χ0v) is 10.8. The van der Waals surface area contributed by atoms with Crippen molar-refractivity contribution in [1.29, 1.82) is 0 Å². The van der Waals surface area contributed by atoms with Crippen LogP contribution in [-0.2, 0) is 0 Å². The second-order valence-electron chi connectivity index (χ2n) is 4.88. The minimum absolute atomic E-state index is 0.126. The van der Waals surface area contributed by atoms with Crippen LogP contribution in [0.2, 0.25) is 0 Å². The molecule has 0 aliphatic carbocycles. The van der Waals surface area contributed by atoms with E-state index in [2.05, 4.69) is 43.3 Å². The first-order valence-electron chi connectivity index (χ1n) is 6.06. The lowest BCUT2D eigenvalue weighted by Gasteiger charge is -2.20. The topological polar surface area (TPSA) is 54.0 Å². The van der Waals surface area contributed by atoms with Crippen LogP contribution in [0.1, 0.15) is 27.2 Å². The summed E-state index contributed by atoms with van der Waals surface area (Å²) in [5.74, 6) is 0.974. The summed E-state index contributed by atoms with van der Waals surface area (Å²) in [6, 6.07) is 0.372. The van der Waals surface area contributed by atoms with E-state index in [1.165, 1.54) is 0 Å². The molecule has 0 radical (unpaired) electrons. The van der Waals surface area contributed by atoms with E-state index in [-0.39, 0.29) is 12.1 Å². The predicted molar refractivity (Wildman–Crippen MR) is 67.0 cm³/mol. The molecule has 4 nitrogen and oxygen atoms in total. The highest BCUT2D eigenvalue weighted by Gasteiger charge is 2.17. The molecule has 0 saturated heterocycles. The summed E-state index contributed by atoms with van der Waals surface area (Å²) in [7, 11) is 1.94. The summed E-state index contributed by atoms with van der Waals surface area (Å²) in [5, 5.41) is 10.4. The zero-order chi connectivity index (χ0) is 12.1. The maximum atomic E-state index is 5.99. The van der Waals surface area contributed by atoms with Crippen molar-refractivity contribution in [1.82, 2.24) is 5.01 Å². The summed E-state index contributed by atoms with van der Waals surface area (Å²) in [4.78, 5) is 0. The predicted octanol–water partition coefficient (Wildman–Crippen LogP) is 2.23. The molecule has 0 saturated carbocycles. The molecular weight excluding hydrogens is 200 g/mol. The van der Waals surface area contributed by atoms with E-state index in [0.29, 0.717) is 11.8 Å². The van der Waals surface area contributed by atoms with Crippen LogP contribution in [0.4, 0.5) is 0 Å². The van der Waals surface area contributed by atoms with Gasteiger partial charge in [0.15, 0.2) is 0 Å². The third-order valence-corrected chi connectivity index (χ3v) is 3.42. The second-order valence-corrected chi connectivity index (χ2v) is 4.88. The Labute approximate surface area is 98.6 Å². The van der Waals surface area contributed by atoms with E-state index in [1.54, 1.807) is 0 Å². The summed E-state index contributed by atoms with van der Waals surface area (Å²) in [5.41, 5.74) is 5.99. The van der Waals surface area contributed by atoms with E-state index in [9.17, 15) is 0 Å². The summed E-state index contributed by atoms with van der Waals surface area (Å²) < 4.78 is 0. The van der Waals surface area contributed by atoms with E-state index >= 15 is 0 Å². The van der Waals surface area contributed by atoms with Crippen LogP contribution in [0.5, 0.6) is 0 Å². The molecule has 1 rings (SSSR count). The molecule has 0 bridgehead atoms. The van der Waals surface area contributed by atoms with Gasteiger partial charge in [-0.1, -0.05) is 31.2 Å². The lowest BCUT2D eigenvalue weighted by Crippen LogP contribution is -2.23. The van der Waals surface area contributed by atoms with Crippen molar-refractivity contribution in [2.75, 3.05) is 13.6 Å². The Morgan fingerprint density at radius 2 is 1.94 bits per heavy atom. The fraction of sp³-hybridized carbons (Fsp3) is 0.833. The van der Waals surface area contributed by atoms with Gasteiger partial charge in [-0.2, -0.15) is 5.11 Å². The third kappa shape index (κ3) is 3.93. The SMILES string of the molecule is CC1/C=C/C(N)CCN(C)N=N[C@H](C)[C@@H]1C. The number of hydrogen-bond donors (Lipinski definition) is 1. The number of allylic oxidation sites excluding steroid dienone is 1. The first kappa shape index (κ1) is 13.2. The molecule has 0 spiro atoms. The molecule has 92 valence electrons. The van der Waals surface area contributed by atoms with Gasteiger partial charge in [0.1, 0.15) is 0 Å². The van der Waals surface area contributed by atoms with E-state index in [1.807, 2.05) is 12.1 Å². The molecule has 2 N–H and O–H groups in total. The van der Waals surface area contributed by atoms with Crippen LogP contribution >= 0.6 is 0 Å². The average Bonchev–Trinajstić information content (AvgIpc) is 2.29. The Kier molecular flexibility index (Phi) is 4.93. The number of hydrogen-bond acceptors (Lipinski definition) is 4. The molecule has 0 aromatic carbocycles. The summed E-state index contributed by atoms with van der Waals surface area (Å²) >= 11 is 0. The number of nitrogens with zero attached hydrogens (tertiary/aromatic N) is 3. The van der Waals surface area contributed by atoms with Crippen molar-refractivity contribution in [2.24, 2.45) is 27.9 Å². The lowest BCUT2D eigenvalue weighted by molar-refractivity contribution is 0.295. The fourth-order valence-electron chi connectivity index (χ4n) is 1.68. The van der Waals surface area contributed by atoms with Gasteiger partial charge in [-0.05, 0) is 25.2 Å². The molecular formula is C12H24N4. The normalized spacial score (nSPS) is 39.2. The lowest BCUT2D eigenvalue weighted by atomic mass is 9.89. The second kappa shape index (κ2) is 5.99. The first-order valence-corrected chi connectivity index (χ1v) is 6.06. The van der Waals surface area contributed by atoms with Crippen molar-refractivity contribution in [3.63, 3.8) is 0 Å². The van der Waals surface area contributed by atoms with Crippen molar-refractivity contribution >= 4 is 0 Å². The van der Waals surface area contributed by atoms with E-state index in [0.717, 1.165) is 13.0 Å². The Balaban J connectivity index is 2.78. The summed E-state index contributed by atoms with van der Waals surface area (Å²) in [6.45, 7) is 7.39. The molecule has 1 aliphatic rings. The molecule has 1 aliphatic heterocycles. The van der Waals surface area contributed by atoms with E-state index < -0.39 is 0 Å². The van der Waals surface area contributed by atoms with Gasteiger partial charge in [0, 0.05) is 19.6 Å². The molecule has 0 aromatic rings. The van der Waals surface area contributed by atoms with Gasteiger partial charge in [-0.25, -0.2) is 0 Å². The van der Waals surface area contributed by atoms with Crippen molar-refractivity contribution in [2.45, 2.75) is 39.3 Å². The van der Waals surface area contributed by atoms with Gasteiger partial charge in [0.25, 0.3) is 0 Å². The third-order valence-electron chi connectivity index (χ3n) is 3.42. The van der Waals surface area contributed by atoms with E-state index in [4.69, 9.17) is 5.73 Å². The maximum absolute atomic E-state index is 5.99. The van der Waals surface area contributed by atoms with Crippen LogP contribution in [-0.4, -0.2) is 30.7 Å². The molecule has 0 fully saturated rings. The smallest absolute Gasteiger partial charge is 0.0732 e. The van der Waals surface area contributed by atoms with Crippen LogP contribution in [0.15, 0.2) is 22.5 Å². The number of nitrogens with two attached hydrogens (primary N) is 1. The van der Waals surface area contributed by atoms with Gasteiger partial charge in [0.05, 0.1) is 6.04 Å². The summed E-state index contributed by atoms with van der Waals surface area (Å²) in [6.07, 6.45) is 5.25. The highest BCUT2D eigenvalue weighted by atomic mass is 15.5. The zero-order valence-electron chi connectivity index (χ0n) is 10.8. The van der Waals surface area contributed by atoms with Crippen LogP contribution in [0, 0.1) is 11.8 Å². The van der Waals surface area contributed by atoms with Gasteiger partial charge < -0.3 is 5.73 Å². The van der Waals surface area contributed by atoms with Crippen molar-refractivity contribution < 1.29 is 0 Å². The molecule has 16 heavy (non-hydrogen) atoms. The van der Waals surface area contributed by atoms with Gasteiger partial charge in [-0.15, -0.1) is 0 Å². The van der Waals surface area contributed by atoms with Crippen molar-refractivity contribution in [3.05, 3.63) is 12.2 Å². The van der Waals surface area contributed by atoms with Gasteiger partial charge in [-0.3, -0.25) is 5.01 Å². The monoisotopic (exact) mass is 224 g/mol. The molecule has 0 amide bonds. The highest BCUT2D eigenvalue weighted by molar-refractivity contribution is 4.97. The standard InChI is InChI=1S/C12H24N4/c1-9-5-6-12(13)7-8-16(4)15-14-11(3)10(9)2/h5-6,9-12H,7-8,13H2,1-4H3/b6-5+,15-14?/t9?,10-,11-,12?/m1/s1. The Morgan fingerprint density at radius 3 is 2.62 bits per heavy atom. The molecule has 1 heterocycles. The van der Waals surface area contributed by atoms with Gasteiger partial charge >= 0.3 is 0 Å². The Morgan fingerprint density at radius 1 is 1.25 bits per heavy atom. The molecule has 4 atom stereocenters. The Hall–Kier alpha value is -0.900. The van der Waals surface area contributed by atoms with Crippen molar-refractivity contribution in [3.8, 4) is 0 Å². The molecule has 2 unspecified atom stereocenters. The van der Waals surface area contributed by atoms with Crippen LogP contribution in [0.25, 0.3) is 0 Å². The highest BCUT2D eigenvalue weighted by Crippen LogP contribution is 2.20. The quantitative estimate of drug-likeness (QED) is 0.641. The largest absolute Gasteiger partial charge is 0.324 e. The van der Waals surface area contributed by atoms with Crippen LogP contribution in [0.3, 0.4) is 0 Å². The number of rotatable bonds is 0. The van der Waals surface area contributed by atoms with Gasteiger partial charge in [0.2, 0.25) is 0 Å². The minimum atomic E-state index is 0.126. The average molecular weight is 224 g/mol. The minimum Gasteiger partial charge on any atom is -0.324 e. The Bertz CT molecular complexity index is 236.